The van der Waals surface area contributed by atoms with Gasteiger partial charge in [0.25, 0.3) is 0 Å². The summed E-state index contributed by atoms with van der Waals surface area (Å²) >= 11 is 0. The van der Waals surface area contributed by atoms with E-state index in [1.807, 2.05) is 0 Å². The van der Waals surface area contributed by atoms with Gasteiger partial charge in [0.2, 0.25) is 0 Å². The van der Waals surface area contributed by atoms with Gasteiger partial charge in [0.05, 0.1) is 0 Å². The molecule has 1 fully saturated rings. The molecule has 2 aliphatic rings. The second-order valence-corrected chi connectivity index (χ2v) is 1.24. The van der Waals surface area contributed by atoms with E-state index in [-0.39, 0.29) is 12.6 Å². The van der Waals surface area contributed by atoms with E-state index in [9.17, 15) is 0 Å². The number of epoxide rings is 1. The van der Waals surface area contributed by atoms with Crippen LogP contribution in [0.1, 0.15) is 0 Å². The molecule has 0 aromatic rings. The van der Waals surface area contributed by atoms with Gasteiger partial charge >= 0.3 is 19.1 Å². The Morgan fingerprint density at radius 2 is 2.67 bits per heavy atom. The molecule has 0 aliphatic carbocycles. The average Bonchev–Trinajstić information content (AvgIpc) is 2.17. The van der Waals surface area contributed by atoms with Crippen molar-refractivity contribution in [2.75, 3.05) is 0 Å². The van der Waals surface area contributed by atoms with E-state index in [4.69, 9.17) is 0 Å². The van der Waals surface area contributed by atoms with Crippen LogP contribution in [-0.4, -0.2) is 19.1 Å². The van der Waals surface area contributed by atoms with Crippen LogP contribution in [0.4, 0.5) is 0 Å². The van der Waals surface area contributed by atoms with Gasteiger partial charge in [-0.15, -0.1) is 0 Å². The van der Waals surface area contributed by atoms with E-state index < -0.39 is 0 Å². The second kappa shape index (κ2) is 0.586. The van der Waals surface area contributed by atoms with E-state index in [0.717, 1.165) is 0 Å². The highest BCUT2D eigenvalue weighted by atomic mass is 16.9. The predicted octanol–water partition coefficient (Wildman–Crippen LogP) is -0.609. The third-order valence-electron chi connectivity index (χ3n) is 0.793. The van der Waals surface area contributed by atoms with E-state index in [1.54, 1.807) is 0 Å². The van der Waals surface area contributed by atoms with Gasteiger partial charge in [-0.3, -0.25) is 9.16 Å². The molecule has 0 N–H and O–H groups in total. The number of carbonyl (C=O) groups excluding carboxylic acids is 1. The van der Waals surface area contributed by atoms with Crippen molar-refractivity contribution >= 4 is 6.47 Å². The number of rotatable bonds is 0. The molecule has 2 atom stereocenters. The maximum absolute atomic E-state index is 4.68. The molecule has 1 saturated heterocycles. The summed E-state index contributed by atoms with van der Waals surface area (Å²) in [4.78, 5) is 0. The molecule has 0 bridgehead atoms. The summed E-state index contributed by atoms with van der Waals surface area (Å²) in [6.45, 7) is 1.30. The van der Waals surface area contributed by atoms with Crippen molar-refractivity contribution in [3.8, 4) is 0 Å². The number of hydrogen-bond donors (Lipinski definition) is 0. The normalized spacial score (nSPS) is 48.0. The van der Waals surface area contributed by atoms with E-state index in [2.05, 4.69) is 13.9 Å². The maximum atomic E-state index is 4.68. The minimum absolute atomic E-state index is 0.0648. The Hall–Kier alpha value is -0.570. The topological polar surface area (TPSA) is 33.1 Å². The zero-order chi connectivity index (χ0) is 3.98. The Bertz CT molecular complexity index is 98.2. The van der Waals surface area contributed by atoms with Crippen molar-refractivity contribution in [1.29, 1.82) is 0 Å². The first kappa shape index (κ1) is 2.58. The molecule has 0 spiro atoms. The highest BCUT2D eigenvalue weighted by Crippen LogP contribution is 2.24. The first-order chi connectivity index (χ1) is 2.97. The van der Waals surface area contributed by atoms with Crippen LogP contribution in [0.25, 0.3) is 0 Å². The van der Waals surface area contributed by atoms with E-state index >= 15 is 0 Å². The Kier molecular flexibility index (Phi) is 0.252. The van der Waals surface area contributed by atoms with Gasteiger partial charge in [0.15, 0.2) is 0 Å². The van der Waals surface area contributed by atoms with E-state index in [1.165, 1.54) is 6.47 Å². The first-order valence-corrected chi connectivity index (χ1v) is 1.75. The highest BCUT2D eigenvalue weighted by molar-refractivity contribution is 5.40. The maximum Gasteiger partial charge on any atom is 0.478 e. The van der Waals surface area contributed by atoms with Crippen LogP contribution in [0.2, 0.25) is 0 Å². The Labute approximate surface area is 34.2 Å². The van der Waals surface area contributed by atoms with Crippen LogP contribution in [0, 0.1) is 0 Å². The zero-order valence-corrected chi connectivity index (χ0v) is 2.96. The SMILES string of the molecule is C1=[O+]C2OC2O1. The fourth-order valence-electron chi connectivity index (χ4n) is 0.421. The lowest BCUT2D eigenvalue weighted by atomic mass is 10.8. The molecule has 0 radical (unpaired) electrons. The summed E-state index contributed by atoms with van der Waals surface area (Å²) in [6.07, 6.45) is -0.130. The van der Waals surface area contributed by atoms with Crippen molar-refractivity contribution in [2.24, 2.45) is 0 Å². The zero-order valence-electron chi connectivity index (χ0n) is 2.96. The molecular formula is C3H3O3+. The number of hydrogen-bond acceptors (Lipinski definition) is 2. The van der Waals surface area contributed by atoms with Crippen LogP contribution >= 0.6 is 0 Å². The molecule has 0 aromatic carbocycles. The van der Waals surface area contributed by atoms with Gasteiger partial charge in [0, 0.05) is 0 Å². The van der Waals surface area contributed by atoms with Crippen molar-refractivity contribution in [3.63, 3.8) is 0 Å². The van der Waals surface area contributed by atoms with Crippen molar-refractivity contribution in [3.05, 3.63) is 0 Å². The molecule has 2 unspecified atom stereocenters. The van der Waals surface area contributed by atoms with Crippen molar-refractivity contribution in [2.45, 2.75) is 12.6 Å². The monoisotopic (exact) mass is 87.0 g/mol. The number of ether oxygens (including phenoxy) is 2. The Morgan fingerprint density at radius 3 is 2.83 bits per heavy atom. The lowest BCUT2D eigenvalue weighted by molar-refractivity contribution is -0.490. The van der Waals surface area contributed by atoms with Gasteiger partial charge in [-0.1, -0.05) is 0 Å². The van der Waals surface area contributed by atoms with Gasteiger partial charge in [-0.25, -0.2) is 4.74 Å². The molecule has 2 rings (SSSR count). The fourth-order valence-corrected chi connectivity index (χ4v) is 0.421. The van der Waals surface area contributed by atoms with Gasteiger partial charge in [-0.05, 0) is 0 Å². The standard InChI is InChI=1S/C3H3O3/c1-4-2-3(5-1)6-2/h1-3H/q+1. The summed E-state index contributed by atoms with van der Waals surface area (Å²) in [5.41, 5.74) is 0. The molecule has 3 heteroatoms. The third-order valence-corrected chi connectivity index (χ3v) is 0.793. The molecule has 0 saturated carbocycles. The smallest absolute Gasteiger partial charge is 0.282 e. The molecule has 0 aromatic heterocycles. The lowest BCUT2D eigenvalue weighted by Gasteiger charge is -1.64. The summed E-state index contributed by atoms with van der Waals surface area (Å²) in [6, 6.07) is 0. The fraction of sp³-hybridized carbons (Fsp3) is 0.667. The average molecular weight is 87.1 g/mol. The first-order valence-electron chi connectivity index (χ1n) is 1.75. The van der Waals surface area contributed by atoms with Crippen LogP contribution in [0.15, 0.2) is 0 Å². The summed E-state index contributed by atoms with van der Waals surface area (Å²) in [7, 11) is 0. The summed E-state index contributed by atoms with van der Waals surface area (Å²) < 4.78 is 14.0. The molecule has 3 nitrogen and oxygen atoms in total. The minimum Gasteiger partial charge on any atom is -0.282 e. The molecule has 2 heterocycles. The Balaban J connectivity index is 2.26. The highest BCUT2D eigenvalue weighted by Gasteiger charge is 2.57. The van der Waals surface area contributed by atoms with Gasteiger partial charge < -0.3 is 0 Å². The van der Waals surface area contributed by atoms with Crippen LogP contribution in [-0.2, 0) is 13.9 Å². The molecular weight excluding hydrogens is 84.0 g/mol. The molecule has 0 amide bonds. The lowest BCUT2D eigenvalue weighted by Crippen LogP contribution is -1.84. The third kappa shape index (κ3) is 0.155. The van der Waals surface area contributed by atoms with Crippen molar-refractivity contribution < 1.29 is 13.9 Å². The van der Waals surface area contributed by atoms with Crippen LogP contribution < -0.4 is 0 Å². The summed E-state index contributed by atoms with van der Waals surface area (Å²) in [5.74, 6) is 0. The molecule has 2 aliphatic heterocycles. The van der Waals surface area contributed by atoms with E-state index in [0.29, 0.717) is 0 Å². The molecule has 32 valence electrons. The minimum atomic E-state index is -0.0648. The quantitative estimate of drug-likeness (QED) is 0.224. The summed E-state index contributed by atoms with van der Waals surface area (Å²) in [5, 5.41) is 0. The van der Waals surface area contributed by atoms with Crippen LogP contribution in [0.3, 0.4) is 0 Å². The largest absolute Gasteiger partial charge is 0.478 e. The van der Waals surface area contributed by atoms with Crippen molar-refractivity contribution in [1.82, 2.24) is 0 Å². The predicted molar refractivity (Wildman–Crippen MR) is 15.8 cm³/mol. The molecule has 6 heavy (non-hydrogen) atoms. The van der Waals surface area contributed by atoms with Gasteiger partial charge in [-0.2, -0.15) is 0 Å². The van der Waals surface area contributed by atoms with Crippen LogP contribution in [0.5, 0.6) is 0 Å². The second-order valence-electron chi connectivity index (χ2n) is 1.24. The number of fused-ring (bicyclic) bond motifs is 1. The van der Waals surface area contributed by atoms with Gasteiger partial charge in [0.1, 0.15) is 0 Å². The Morgan fingerprint density at radius 1 is 1.67 bits per heavy atom.